The summed E-state index contributed by atoms with van der Waals surface area (Å²) in [6.07, 6.45) is 0.535. The molecule has 2 aromatic rings. The second kappa shape index (κ2) is 8.23. The van der Waals surface area contributed by atoms with Gasteiger partial charge >= 0.3 is 0 Å². The molecular weight excluding hydrogens is 441 g/mol. The monoisotopic (exact) mass is 460 g/mol. The fourth-order valence-corrected chi connectivity index (χ4v) is 4.14. The first kappa shape index (κ1) is 22.3. The molecular formula is C22H19F3N4O4. The summed E-state index contributed by atoms with van der Waals surface area (Å²) in [7, 11) is 0. The molecule has 1 unspecified atom stereocenters. The molecule has 0 saturated carbocycles. The van der Waals surface area contributed by atoms with E-state index >= 15 is 0 Å². The van der Waals surface area contributed by atoms with Crippen molar-refractivity contribution in [3.05, 3.63) is 59.4 Å². The third kappa shape index (κ3) is 3.79. The largest absolute Gasteiger partial charge is 0.345 e. The van der Waals surface area contributed by atoms with E-state index in [1.807, 2.05) is 5.32 Å². The van der Waals surface area contributed by atoms with Gasteiger partial charge in [-0.15, -0.1) is 0 Å². The number of nitrogens with zero attached hydrogens (tertiary/aromatic N) is 2. The lowest BCUT2D eigenvalue weighted by Crippen LogP contribution is -2.64. The van der Waals surface area contributed by atoms with Gasteiger partial charge in [0.05, 0.1) is 23.5 Å². The number of anilines is 2. The number of benzene rings is 2. The van der Waals surface area contributed by atoms with Crippen LogP contribution in [0.2, 0.25) is 0 Å². The SMILES string of the molecule is CC12CCC(=O)N1c1ccccc1C(=O)N2CC(=O)NCC(=O)Nc1ccc(F)c(F)c1F. The number of carbonyl (C=O) groups excluding carboxylic acids is 4. The maximum atomic E-state index is 13.7. The van der Waals surface area contributed by atoms with Crippen molar-refractivity contribution in [2.24, 2.45) is 0 Å². The van der Waals surface area contributed by atoms with Crippen LogP contribution >= 0.6 is 0 Å². The average Bonchev–Trinajstić information content (AvgIpc) is 3.11. The van der Waals surface area contributed by atoms with Gasteiger partial charge in [-0.25, -0.2) is 13.2 Å². The van der Waals surface area contributed by atoms with E-state index in [1.54, 1.807) is 31.2 Å². The highest BCUT2D eigenvalue weighted by atomic mass is 19.2. The Kier molecular flexibility index (Phi) is 5.56. The summed E-state index contributed by atoms with van der Waals surface area (Å²) in [6.45, 7) is 0.660. The van der Waals surface area contributed by atoms with Gasteiger partial charge < -0.3 is 15.5 Å². The molecule has 0 bridgehead atoms. The Morgan fingerprint density at radius 1 is 1.03 bits per heavy atom. The second-order valence-corrected chi connectivity index (χ2v) is 7.90. The van der Waals surface area contributed by atoms with Gasteiger partial charge in [-0.1, -0.05) is 12.1 Å². The van der Waals surface area contributed by atoms with Crippen LogP contribution in [-0.2, 0) is 14.4 Å². The van der Waals surface area contributed by atoms with Crippen LogP contribution in [-0.4, -0.2) is 47.3 Å². The Morgan fingerprint density at radius 3 is 2.52 bits per heavy atom. The van der Waals surface area contributed by atoms with Crippen LogP contribution in [0.1, 0.15) is 30.1 Å². The summed E-state index contributed by atoms with van der Waals surface area (Å²) in [5.74, 6) is -6.87. The van der Waals surface area contributed by atoms with Gasteiger partial charge in [0.25, 0.3) is 5.91 Å². The van der Waals surface area contributed by atoms with E-state index in [0.717, 1.165) is 6.07 Å². The van der Waals surface area contributed by atoms with Crippen LogP contribution in [0, 0.1) is 17.5 Å². The van der Waals surface area contributed by atoms with Crippen LogP contribution in [0.4, 0.5) is 24.5 Å². The standard InChI is InChI=1S/C22H19F3N4O4/c1-22-9-8-18(32)29(22)15-5-3-2-4-12(15)21(33)28(22)11-17(31)26-10-16(30)27-14-7-6-13(23)19(24)20(14)25/h2-7H,8-11H2,1H3,(H,26,31)(H,27,30). The normalized spacial score (nSPS) is 19.3. The van der Waals surface area contributed by atoms with Crippen molar-refractivity contribution in [2.45, 2.75) is 25.4 Å². The lowest BCUT2D eigenvalue weighted by atomic mass is 9.98. The minimum Gasteiger partial charge on any atom is -0.345 e. The number of para-hydroxylation sites is 1. The molecule has 1 atom stereocenters. The van der Waals surface area contributed by atoms with E-state index in [2.05, 4.69) is 5.32 Å². The average molecular weight is 460 g/mol. The number of rotatable bonds is 5. The molecule has 172 valence electrons. The summed E-state index contributed by atoms with van der Waals surface area (Å²) in [4.78, 5) is 53.0. The number of hydrogen-bond donors (Lipinski definition) is 2. The van der Waals surface area contributed by atoms with Gasteiger partial charge in [0.1, 0.15) is 12.2 Å². The number of fused-ring (bicyclic) bond motifs is 3. The Morgan fingerprint density at radius 2 is 1.76 bits per heavy atom. The first-order valence-corrected chi connectivity index (χ1v) is 10.1. The minimum absolute atomic E-state index is 0.171. The molecule has 4 rings (SSSR count). The van der Waals surface area contributed by atoms with Crippen LogP contribution in [0.15, 0.2) is 36.4 Å². The highest BCUT2D eigenvalue weighted by Crippen LogP contribution is 2.43. The molecule has 0 radical (unpaired) electrons. The predicted molar refractivity (Wildman–Crippen MR) is 111 cm³/mol. The third-order valence-electron chi connectivity index (χ3n) is 5.80. The highest BCUT2D eigenvalue weighted by molar-refractivity contribution is 6.11. The Labute approximate surface area is 186 Å². The molecule has 0 aliphatic carbocycles. The lowest BCUT2D eigenvalue weighted by molar-refractivity contribution is -0.126. The van der Waals surface area contributed by atoms with E-state index in [9.17, 15) is 32.3 Å². The van der Waals surface area contributed by atoms with Gasteiger partial charge in [0, 0.05) is 6.42 Å². The van der Waals surface area contributed by atoms with Crippen molar-refractivity contribution in [1.82, 2.24) is 10.2 Å². The van der Waals surface area contributed by atoms with Gasteiger partial charge in [-0.05, 0) is 37.6 Å². The number of nitrogens with one attached hydrogen (secondary N) is 2. The fraction of sp³-hybridized carbons (Fsp3) is 0.273. The van der Waals surface area contributed by atoms with Crippen molar-refractivity contribution < 1.29 is 32.3 Å². The molecule has 0 aromatic heterocycles. The molecule has 33 heavy (non-hydrogen) atoms. The molecule has 1 fully saturated rings. The van der Waals surface area contributed by atoms with Crippen molar-refractivity contribution >= 4 is 35.0 Å². The molecule has 11 heteroatoms. The van der Waals surface area contributed by atoms with E-state index in [0.29, 0.717) is 18.2 Å². The van der Waals surface area contributed by atoms with Gasteiger partial charge in [0.2, 0.25) is 17.7 Å². The Hall–Kier alpha value is -3.89. The van der Waals surface area contributed by atoms with E-state index < -0.39 is 59.6 Å². The van der Waals surface area contributed by atoms with Gasteiger partial charge in [-0.2, -0.15) is 0 Å². The number of hydrogen-bond acceptors (Lipinski definition) is 4. The second-order valence-electron chi connectivity index (χ2n) is 7.90. The predicted octanol–water partition coefficient (Wildman–Crippen LogP) is 2.16. The third-order valence-corrected chi connectivity index (χ3v) is 5.80. The van der Waals surface area contributed by atoms with E-state index in [1.165, 1.54) is 9.80 Å². The smallest absolute Gasteiger partial charge is 0.258 e. The summed E-state index contributed by atoms with van der Waals surface area (Å²) < 4.78 is 40.0. The van der Waals surface area contributed by atoms with Crippen molar-refractivity contribution in [3.63, 3.8) is 0 Å². The van der Waals surface area contributed by atoms with E-state index in [-0.39, 0.29) is 17.9 Å². The van der Waals surface area contributed by atoms with Crippen molar-refractivity contribution in [2.75, 3.05) is 23.3 Å². The minimum atomic E-state index is -1.73. The first-order chi connectivity index (χ1) is 15.6. The van der Waals surface area contributed by atoms with Crippen LogP contribution in [0.5, 0.6) is 0 Å². The van der Waals surface area contributed by atoms with Crippen LogP contribution in [0.3, 0.4) is 0 Å². The Balaban J connectivity index is 1.44. The van der Waals surface area contributed by atoms with Crippen LogP contribution in [0.25, 0.3) is 0 Å². The molecule has 0 spiro atoms. The van der Waals surface area contributed by atoms with Crippen molar-refractivity contribution in [1.29, 1.82) is 0 Å². The molecule has 8 nitrogen and oxygen atoms in total. The first-order valence-electron chi connectivity index (χ1n) is 10.1. The molecule has 2 aliphatic heterocycles. The molecule has 2 heterocycles. The zero-order chi connectivity index (χ0) is 23.9. The zero-order valence-corrected chi connectivity index (χ0v) is 17.5. The maximum Gasteiger partial charge on any atom is 0.258 e. The summed E-state index contributed by atoms with van der Waals surface area (Å²) >= 11 is 0. The summed E-state index contributed by atoms with van der Waals surface area (Å²) in [6, 6.07) is 8.12. The molecule has 2 aliphatic rings. The molecule has 2 N–H and O–H groups in total. The highest BCUT2D eigenvalue weighted by Gasteiger charge is 2.53. The van der Waals surface area contributed by atoms with E-state index in [4.69, 9.17) is 0 Å². The van der Waals surface area contributed by atoms with Gasteiger partial charge in [0.15, 0.2) is 17.5 Å². The quantitative estimate of drug-likeness (QED) is 0.668. The zero-order valence-electron chi connectivity index (χ0n) is 17.5. The maximum absolute atomic E-state index is 13.7. The molecule has 1 saturated heterocycles. The molecule has 4 amide bonds. The van der Waals surface area contributed by atoms with Crippen LogP contribution < -0.4 is 15.5 Å². The lowest BCUT2D eigenvalue weighted by Gasteiger charge is -2.48. The number of amides is 4. The van der Waals surface area contributed by atoms with Crippen molar-refractivity contribution in [3.8, 4) is 0 Å². The summed E-state index contributed by atoms with van der Waals surface area (Å²) in [5.41, 5.74) is -0.859. The number of halogens is 3. The topological polar surface area (TPSA) is 98.8 Å². The summed E-state index contributed by atoms with van der Waals surface area (Å²) in [5, 5.41) is 4.35. The molecule has 2 aromatic carbocycles. The fourth-order valence-electron chi connectivity index (χ4n) is 4.14. The number of carbonyl (C=O) groups is 4. The Bertz CT molecular complexity index is 1190. The van der Waals surface area contributed by atoms with Gasteiger partial charge in [-0.3, -0.25) is 24.1 Å².